The minimum Gasteiger partial charge on any atom is -0.360 e. The summed E-state index contributed by atoms with van der Waals surface area (Å²) in [5.41, 5.74) is 4.37. The SMILES string of the molecule is O=C(NO)c1noc2c1CN(C(=O)/C(=C\c1ccccc1)c1ccccc1)CC2. The Balaban J connectivity index is 1.68. The number of benzene rings is 2. The van der Waals surface area contributed by atoms with Crippen LogP contribution in [0.4, 0.5) is 0 Å². The molecule has 3 aromatic rings. The van der Waals surface area contributed by atoms with E-state index in [4.69, 9.17) is 9.73 Å². The molecule has 0 saturated heterocycles. The van der Waals surface area contributed by atoms with Gasteiger partial charge in [0.15, 0.2) is 5.69 Å². The lowest BCUT2D eigenvalue weighted by Crippen LogP contribution is -2.37. The molecule has 0 spiro atoms. The second-order valence-corrected chi connectivity index (χ2v) is 6.69. The molecule has 1 aromatic heterocycles. The summed E-state index contributed by atoms with van der Waals surface area (Å²) < 4.78 is 5.20. The number of hydrogen-bond donors (Lipinski definition) is 2. The van der Waals surface area contributed by atoms with Crippen LogP contribution in [-0.2, 0) is 17.8 Å². The Morgan fingerprint density at radius 2 is 1.76 bits per heavy atom. The number of aromatic nitrogens is 1. The minimum atomic E-state index is -0.757. The van der Waals surface area contributed by atoms with Crippen LogP contribution in [0.3, 0.4) is 0 Å². The summed E-state index contributed by atoms with van der Waals surface area (Å²) in [6, 6.07) is 19.1. The monoisotopic (exact) mass is 389 g/mol. The van der Waals surface area contributed by atoms with E-state index < -0.39 is 5.91 Å². The van der Waals surface area contributed by atoms with Crippen molar-refractivity contribution in [1.29, 1.82) is 0 Å². The Labute approximate surface area is 167 Å². The van der Waals surface area contributed by atoms with Crippen LogP contribution in [0.1, 0.15) is 32.9 Å². The van der Waals surface area contributed by atoms with E-state index in [0.717, 1.165) is 11.1 Å². The van der Waals surface area contributed by atoms with Gasteiger partial charge in [-0.3, -0.25) is 14.8 Å². The molecule has 0 unspecified atom stereocenters. The Kier molecular flexibility index (Phi) is 5.22. The van der Waals surface area contributed by atoms with Gasteiger partial charge < -0.3 is 9.42 Å². The second-order valence-electron chi connectivity index (χ2n) is 6.69. The molecule has 7 nitrogen and oxygen atoms in total. The zero-order chi connectivity index (χ0) is 20.2. The van der Waals surface area contributed by atoms with Crippen molar-refractivity contribution >= 4 is 23.5 Å². The number of hydroxylamine groups is 1. The molecule has 1 aliphatic heterocycles. The number of nitrogens with one attached hydrogen (secondary N) is 1. The highest BCUT2D eigenvalue weighted by Crippen LogP contribution is 2.27. The first-order chi connectivity index (χ1) is 14.2. The van der Waals surface area contributed by atoms with Crippen molar-refractivity contribution in [3.05, 3.63) is 88.8 Å². The summed E-state index contributed by atoms with van der Waals surface area (Å²) in [5, 5.41) is 12.6. The lowest BCUT2D eigenvalue weighted by molar-refractivity contribution is -0.125. The molecule has 2 amide bonds. The third kappa shape index (κ3) is 3.81. The van der Waals surface area contributed by atoms with Crippen LogP contribution >= 0.6 is 0 Å². The van der Waals surface area contributed by atoms with Gasteiger partial charge in [-0.1, -0.05) is 65.8 Å². The highest BCUT2D eigenvalue weighted by Gasteiger charge is 2.31. The zero-order valence-corrected chi connectivity index (χ0v) is 15.5. The maximum Gasteiger partial charge on any atom is 0.297 e. The van der Waals surface area contributed by atoms with E-state index in [-0.39, 0.29) is 18.1 Å². The summed E-state index contributed by atoms with van der Waals surface area (Å²) >= 11 is 0. The van der Waals surface area contributed by atoms with Crippen LogP contribution in [0.25, 0.3) is 11.6 Å². The average Bonchev–Trinajstić information content (AvgIpc) is 3.21. The Bertz CT molecular complexity index is 1060. The molecule has 2 N–H and O–H groups in total. The standard InChI is InChI=1S/C22H19N3O4/c26-21(23-28)20-18-14-25(12-11-19(18)29-24-20)22(27)17(16-9-5-2-6-10-16)13-15-7-3-1-4-8-15/h1-10,13,28H,11-12,14H2,(H,23,26)/b17-13-. The van der Waals surface area contributed by atoms with Crippen molar-refractivity contribution in [2.24, 2.45) is 0 Å². The molecule has 0 atom stereocenters. The van der Waals surface area contributed by atoms with Crippen molar-refractivity contribution < 1.29 is 19.3 Å². The molecule has 0 saturated carbocycles. The summed E-state index contributed by atoms with van der Waals surface area (Å²) in [7, 11) is 0. The van der Waals surface area contributed by atoms with E-state index >= 15 is 0 Å². The predicted molar refractivity (Wildman–Crippen MR) is 106 cm³/mol. The molecule has 0 bridgehead atoms. The lowest BCUT2D eigenvalue weighted by Gasteiger charge is -2.27. The second kappa shape index (κ2) is 8.12. The maximum atomic E-state index is 13.4. The topological polar surface area (TPSA) is 95.7 Å². The maximum absolute atomic E-state index is 13.4. The third-order valence-electron chi connectivity index (χ3n) is 4.86. The van der Waals surface area contributed by atoms with Gasteiger partial charge in [-0.2, -0.15) is 0 Å². The normalized spacial score (nSPS) is 13.7. The van der Waals surface area contributed by atoms with Gasteiger partial charge in [-0.15, -0.1) is 0 Å². The molecule has 7 heteroatoms. The van der Waals surface area contributed by atoms with E-state index in [9.17, 15) is 9.59 Å². The molecule has 2 heterocycles. The Morgan fingerprint density at radius 1 is 1.07 bits per heavy atom. The van der Waals surface area contributed by atoms with Crippen molar-refractivity contribution in [3.8, 4) is 0 Å². The summed E-state index contributed by atoms with van der Waals surface area (Å²) in [6.45, 7) is 0.625. The zero-order valence-electron chi connectivity index (χ0n) is 15.5. The molecule has 0 radical (unpaired) electrons. The van der Waals surface area contributed by atoms with Crippen molar-refractivity contribution in [2.45, 2.75) is 13.0 Å². The van der Waals surface area contributed by atoms with E-state index in [1.807, 2.05) is 66.7 Å². The fourth-order valence-electron chi connectivity index (χ4n) is 3.39. The van der Waals surface area contributed by atoms with Crippen LogP contribution in [0, 0.1) is 0 Å². The van der Waals surface area contributed by atoms with Gasteiger partial charge in [0, 0.05) is 24.1 Å². The molecule has 0 aliphatic carbocycles. The molecule has 29 heavy (non-hydrogen) atoms. The average molecular weight is 389 g/mol. The van der Waals surface area contributed by atoms with Gasteiger partial charge in [-0.25, -0.2) is 5.48 Å². The smallest absolute Gasteiger partial charge is 0.297 e. The number of hydrogen-bond acceptors (Lipinski definition) is 5. The highest BCUT2D eigenvalue weighted by atomic mass is 16.5. The Morgan fingerprint density at radius 3 is 2.45 bits per heavy atom. The van der Waals surface area contributed by atoms with E-state index in [2.05, 4.69) is 5.16 Å². The number of carbonyl (C=O) groups is 2. The molecule has 1 aliphatic rings. The van der Waals surface area contributed by atoms with Crippen LogP contribution in [0.5, 0.6) is 0 Å². The van der Waals surface area contributed by atoms with Crippen LogP contribution in [-0.4, -0.2) is 33.6 Å². The Hall–Kier alpha value is -3.71. The first-order valence-corrected chi connectivity index (χ1v) is 9.20. The van der Waals surface area contributed by atoms with E-state index in [1.165, 1.54) is 0 Å². The summed E-state index contributed by atoms with van der Waals surface area (Å²) in [4.78, 5) is 26.9. The molecule has 2 aromatic carbocycles. The molecule has 146 valence electrons. The molecular formula is C22H19N3O4. The molecular weight excluding hydrogens is 370 g/mol. The largest absolute Gasteiger partial charge is 0.360 e. The van der Waals surface area contributed by atoms with E-state index in [1.54, 1.807) is 10.4 Å². The highest BCUT2D eigenvalue weighted by molar-refractivity contribution is 6.24. The summed E-state index contributed by atoms with van der Waals surface area (Å²) in [5.74, 6) is -0.351. The lowest BCUT2D eigenvalue weighted by atomic mass is 9.99. The van der Waals surface area contributed by atoms with E-state index in [0.29, 0.717) is 29.9 Å². The number of fused-ring (bicyclic) bond motifs is 1. The van der Waals surface area contributed by atoms with Crippen LogP contribution in [0.15, 0.2) is 65.2 Å². The van der Waals surface area contributed by atoms with Gasteiger partial charge in [0.2, 0.25) is 0 Å². The number of carbonyl (C=O) groups excluding carboxylic acids is 2. The predicted octanol–water partition coefficient (Wildman–Crippen LogP) is 2.92. The van der Waals surface area contributed by atoms with Gasteiger partial charge in [0.1, 0.15) is 5.76 Å². The van der Waals surface area contributed by atoms with Gasteiger partial charge in [-0.05, 0) is 17.2 Å². The number of rotatable bonds is 4. The minimum absolute atomic E-state index is 0.00620. The summed E-state index contributed by atoms with van der Waals surface area (Å²) in [6.07, 6.45) is 2.31. The van der Waals surface area contributed by atoms with Gasteiger partial charge in [0.05, 0.1) is 6.54 Å². The number of nitrogens with zero attached hydrogens (tertiary/aromatic N) is 2. The quantitative estimate of drug-likeness (QED) is 0.310. The van der Waals surface area contributed by atoms with Crippen LogP contribution < -0.4 is 5.48 Å². The first kappa shape index (κ1) is 18.6. The molecule has 0 fully saturated rings. The van der Waals surface area contributed by atoms with Crippen LogP contribution in [0.2, 0.25) is 0 Å². The van der Waals surface area contributed by atoms with Crippen molar-refractivity contribution in [1.82, 2.24) is 15.5 Å². The van der Waals surface area contributed by atoms with Crippen molar-refractivity contribution in [2.75, 3.05) is 6.54 Å². The molecule has 4 rings (SSSR count). The van der Waals surface area contributed by atoms with Gasteiger partial charge >= 0.3 is 0 Å². The van der Waals surface area contributed by atoms with Crippen molar-refractivity contribution in [3.63, 3.8) is 0 Å². The fourth-order valence-corrected chi connectivity index (χ4v) is 3.39. The third-order valence-corrected chi connectivity index (χ3v) is 4.86. The number of amides is 2. The first-order valence-electron chi connectivity index (χ1n) is 9.20. The van der Waals surface area contributed by atoms with Gasteiger partial charge in [0.25, 0.3) is 11.8 Å². The fraction of sp³-hybridized carbons (Fsp3) is 0.136.